The van der Waals surface area contributed by atoms with Crippen molar-refractivity contribution in [1.29, 1.82) is 0 Å². The summed E-state index contributed by atoms with van der Waals surface area (Å²) in [6.45, 7) is 0.217. The molecule has 13 heavy (non-hydrogen) atoms. The molecule has 0 bridgehead atoms. The molecule has 0 atom stereocenters. The van der Waals surface area contributed by atoms with Gasteiger partial charge in [-0.25, -0.2) is 8.78 Å². The van der Waals surface area contributed by atoms with Crippen LogP contribution in [-0.2, 0) is 6.54 Å². The molecule has 0 spiro atoms. The van der Waals surface area contributed by atoms with Crippen LogP contribution in [0.25, 0.3) is 0 Å². The minimum Gasteiger partial charge on any atom is -0.367 e. The summed E-state index contributed by atoms with van der Waals surface area (Å²) in [5.74, 6) is -1.17. The first kappa shape index (κ1) is 10.4. The zero-order valence-corrected chi connectivity index (χ0v) is 8.26. The van der Waals surface area contributed by atoms with Crippen molar-refractivity contribution in [3.63, 3.8) is 0 Å². The molecule has 0 unspecified atom stereocenters. The van der Waals surface area contributed by atoms with Gasteiger partial charge in [-0.1, -0.05) is 18.3 Å². The molecular formula is C8H7F2NS2. The smallest absolute Gasteiger partial charge is 0.131 e. The third kappa shape index (κ3) is 3.28. The van der Waals surface area contributed by atoms with Gasteiger partial charge in [-0.2, -0.15) is 0 Å². The lowest BCUT2D eigenvalue weighted by Crippen LogP contribution is -2.16. The van der Waals surface area contributed by atoms with Crippen LogP contribution < -0.4 is 5.32 Å². The molecule has 0 saturated heterocycles. The first-order valence-corrected chi connectivity index (χ1v) is 4.36. The molecule has 0 aromatic heterocycles. The summed E-state index contributed by atoms with van der Waals surface area (Å²) < 4.78 is 25.7. The largest absolute Gasteiger partial charge is 0.367 e. The molecule has 1 aromatic carbocycles. The standard InChI is InChI=1S/C8H7F2NS2/c9-6-2-1-5(7(10)3-6)4-11-8(12)13/h1-3H,4H2,(H2,11,12,13). The highest BCUT2D eigenvalue weighted by molar-refractivity contribution is 8.11. The van der Waals surface area contributed by atoms with Crippen molar-refractivity contribution >= 4 is 29.2 Å². The minimum atomic E-state index is -0.588. The number of hydrogen-bond acceptors (Lipinski definition) is 1. The van der Waals surface area contributed by atoms with Crippen molar-refractivity contribution in [2.75, 3.05) is 0 Å². The van der Waals surface area contributed by atoms with Crippen LogP contribution in [0.4, 0.5) is 8.78 Å². The van der Waals surface area contributed by atoms with Crippen LogP contribution in [-0.4, -0.2) is 4.32 Å². The molecule has 0 fully saturated rings. The van der Waals surface area contributed by atoms with E-state index in [2.05, 4.69) is 30.2 Å². The Bertz CT molecular complexity index is 328. The number of benzene rings is 1. The van der Waals surface area contributed by atoms with Crippen LogP contribution in [0.3, 0.4) is 0 Å². The Kier molecular flexibility index (Phi) is 3.62. The quantitative estimate of drug-likeness (QED) is 0.584. The normalized spacial score (nSPS) is 9.77. The maximum Gasteiger partial charge on any atom is 0.131 e. The second-order valence-electron chi connectivity index (χ2n) is 2.39. The highest BCUT2D eigenvalue weighted by Gasteiger charge is 2.02. The Morgan fingerprint density at radius 3 is 2.69 bits per heavy atom. The number of hydrogen-bond donors (Lipinski definition) is 2. The fraction of sp³-hybridized carbons (Fsp3) is 0.125. The first-order valence-electron chi connectivity index (χ1n) is 3.50. The third-order valence-electron chi connectivity index (χ3n) is 1.45. The second kappa shape index (κ2) is 4.53. The van der Waals surface area contributed by atoms with Crippen LogP contribution in [0.5, 0.6) is 0 Å². The van der Waals surface area contributed by atoms with Gasteiger partial charge in [-0.05, 0) is 6.07 Å². The molecule has 5 heteroatoms. The molecular weight excluding hydrogens is 212 g/mol. The molecule has 0 aliphatic carbocycles. The molecule has 0 heterocycles. The van der Waals surface area contributed by atoms with Gasteiger partial charge in [0.05, 0.1) is 0 Å². The Balaban J connectivity index is 2.72. The van der Waals surface area contributed by atoms with Crippen molar-refractivity contribution < 1.29 is 8.78 Å². The molecule has 0 saturated carbocycles. The van der Waals surface area contributed by atoms with Crippen LogP contribution in [0.2, 0.25) is 0 Å². The summed E-state index contributed by atoms with van der Waals surface area (Å²) in [6, 6.07) is 3.39. The predicted molar refractivity (Wildman–Crippen MR) is 54.8 cm³/mol. The van der Waals surface area contributed by atoms with E-state index in [4.69, 9.17) is 0 Å². The average molecular weight is 219 g/mol. The number of nitrogens with one attached hydrogen (secondary N) is 1. The van der Waals surface area contributed by atoms with E-state index >= 15 is 0 Å². The SMILES string of the molecule is Fc1ccc(CNC(=S)S)c(F)c1. The Morgan fingerprint density at radius 1 is 1.46 bits per heavy atom. The van der Waals surface area contributed by atoms with E-state index in [1.807, 2.05) is 0 Å². The maximum atomic E-state index is 13.0. The van der Waals surface area contributed by atoms with Crippen LogP contribution in [0, 0.1) is 11.6 Å². The Morgan fingerprint density at radius 2 is 2.15 bits per heavy atom. The van der Waals surface area contributed by atoms with Gasteiger partial charge >= 0.3 is 0 Å². The second-order valence-corrected chi connectivity index (χ2v) is 3.55. The molecule has 0 aliphatic rings. The van der Waals surface area contributed by atoms with E-state index in [-0.39, 0.29) is 10.9 Å². The van der Waals surface area contributed by atoms with E-state index in [1.165, 1.54) is 12.1 Å². The fourth-order valence-corrected chi connectivity index (χ4v) is 0.987. The van der Waals surface area contributed by atoms with Crippen molar-refractivity contribution in [3.8, 4) is 0 Å². The van der Waals surface area contributed by atoms with Gasteiger partial charge in [0, 0.05) is 18.2 Å². The number of thiol groups is 1. The summed E-state index contributed by atoms with van der Waals surface area (Å²) in [4.78, 5) is 0. The lowest BCUT2D eigenvalue weighted by atomic mass is 10.2. The maximum absolute atomic E-state index is 13.0. The van der Waals surface area contributed by atoms with Crippen LogP contribution in [0.15, 0.2) is 18.2 Å². The van der Waals surface area contributed by atoms with Crippen molar-refractivity contribution in [1.82, 2.24) is 5.32 Å². The summed E-state index contributed by atoms with van der Waals surface area (Å²) >= 11 is 8.43. The van der Waals surface area contributed by atoms with Gasteiger partial charge in [0.1, 0.15) is 16.0 Å². The monoisotopic (exact) mass is 219 g/mol. The predicted octanol–water partition coefficient (Wildman–Crippen LogP) is 2.27. The highest BCUT2D eigenvalue weighted by atomic mass is 32.1. The topological polar surface area (TPSA) is 12.0 Å². The molecule has 0 amide bonds. The number of halogens is 2. The molecule has 1 aromatic rings. The van der Waals surface area contributed by atoms with Gasteiger partial charge in [0.2, 0.25) is 0 Å². The zero-order valence-electron chi connectivity index (χ0n) is 6.55. The lowest BCUT2D eigenvalue weighted by molar-refractivity contribution is 0.570. The molecule has 0 radical (unpaired) electrons. The third-order valence-corrected chi connectivity index (χ3v) is 1.75. The highest BCUT2D eigenvalue weighted by Crippen LogP contribution is 2.08. The number of thiocarbonyl (C=S) groups is 1. The summed E-state index contributed by atoms with van der Waals surface area (Å²) in [5.41, 5.74) is 0.359. The van der Waals surface area contributed by atoms with E-state index < -0.39 is 11.6 Å². The summed E-state index contributed by atoms with van der Waals surface area (Å²) in [5, 5.41) is 2.66. The van der Waals surface area contributed by atoms with Crippen LogP contribution in [0.1, 0.15) is 5.56 Å². The molecule has 1 N–H and O–H groups in total. The molecule has 1 nitrogen and oxygen atoms in total. The van der Waals surface area contributed by atoms with Crippen molar-refractivity contribution in [3.05, 3.63) is 35.4 Å². The lowest BCUT2D eigenvalue weighted by Gasteiger charge is -2.04. The Hall–Kier alpha value is -0.680. The minimum absolute atomic E-state index is 0.217. The first-order chi connectivity index (χ1) is 6.09. The van der Waals surface area contributed by atoms with Gasteiger partial charge in [-0.15, -0.1) is 12.6 Å². The van der Waals surface area contributed by atoms with Gasteiger partial charge in [0.15, 0.2) is 0 Å². The summed E-state index contributed by atoms with van der Waals surface area (Å²) in [7, 11) is 0. The average Bonchev–Trinajstić information content (AvgIpc) is 2.02. The molecule has 0 aliphatic heterocycles. The van der Waals surface area contributed by atoms with Crippen molar-refractivity contribution in [2.24, 2.45) is 0 Å². The fourth-order valence-electron chi connectivity index (χ4n) is 0.836. The van der Waals surface area contributed by atoms with Gasteiger partial charge in [-0.3, -0.25) is 0 Å². The van der Waals surface area contributed by atoms with E-state index in [0.717, 1.165) is 6.07 Å². The number of rotatable bonds is 2. The van der Waals surface area contributed by atoms with Gasteiger partial charge in [0.25, 0.3) is 0 Å². The van der Waals surface area contributed by atoms with Crippen molar-refractivity contribution in [2.45, 2.75) is 6.54 Å². The summed E-state index contributed by atoms with van der Waals surface area (Å²) in [6.07, 6.45) is 0. The molecule has 70 valence electrons. The van der Waals surface area contributed by atoms with Crippen LogP contribution >= 0.6 is 24.8 Å². The zero-order chi connectivity index (χ0) is 9.84. The molecule has 1 rings (SSSR count). The van der Waals surface area contributed by atoms with E-state index in [9.17, 15) is 8.78 Å². The van der Waals surface area contributed by atoms with E-state index in [1.54, 1.807) is 0 Å². The van der Waals surface area contributed by atoms with Gasteiger partial charge < -0.3 is 5.32 Å². The Labute approximate surface area is 85.6 Å². The van der Waals surface area contributed by atoms with E-state index in [0.29, 0.717) is 5.56 Å².